The van der Waals surface area contributed by atoms with E-state index in [1.165, 1.54) is 38.5 Å². The summed E-state index contributed by atoms with van der Waals surface area (Å²) in [4.78, 5) is 35.9. The van der Waals surface area contributed by atoms with E-state index in [9.17, 15) is 14.7 Å². The number of rotatable bonds is 14. The zero-order valence-electron chi connectivity index (χ0n) is 24.5. The minimum atomic E-state index is -0.137. The number of fused-ring (bicyclic) bond motifs is 1. The summed E-state index contributed by atoms with van der Waals surface area (Å²) in [6.45, 7) is 6.34. The van der Waals surface area contributed by atoms with Crippen LogP contribution in [0.2, 0.25) is 0 Å². The van der Waals surface area contributed by atoms with E-state index in [0.29, 0.717) is 11.6 Å². The van der Waals surface area contributed by atoms with Gasteiger partial charge in [-0.05, 0) is 88.6 Å². The lowest BCUT2D eigenvalue weighted by Crippen LogP contribution is -2.33. The van der Waals surface area contributed by atoms with E-state index in [2.05, 4.69) is 21.1 Å². The van der Waals surface area contributed by atoms with Crippen molar-refractivity contribution in [2.75, 3.05) is 32.8 Å². The Kier molecular flexibility index (Phi) is 8.58. The number of nitrogens with zero attached hydrogens (tertiary/aromatic N) is 5. The fraction of sp³-hybridized carbons (Fsp3) is 0.606. The Balaban J connectivity index is 1.31. The quantitative estimate of drug-likeness (QED) is 0.312. The van der Waals surface area contributed by atoms with Crippen molar-refractivity contribution >= 4 is 11.6 Å². The molecule has 1 amide bonds. The third-order valence-electron chi connectivity index (χ3n) is 9.41. The highest BCUT2D eigenvalue weighted by molar-refractivity contribution is 5.94. The van der Waals surface area contributed by atoms with E-state index in [4.69, 9.17) is 4.98 Å². The molecule has 6 rings (SSSR count). The summed E-state index contributed by atoms with van der Waals surface area (Å²) in [6, 6.07) is 7.90. The van der Waals surface area contributed by atoms with Crippen molar-refractivity contribution in [1.29, 1.82) is 0 Å². The van der Waals surface area contributed by atoms with Gasteiger partial charge < -0.3 is 23.9 Å². The van der Waals surface area contributed by atoms with Crippen molar-refractivity contribution in [2.45, 2.75) is 83.7 Å². The Morgan fingerprint density at radius 2 is 1.76 bits per heavy atom. The van der Waals surface area contributed by atoms with Gasteiger partial charge in [0.2, 0.25) is 0 Å². The van der Waals surface area contributed by atoms with E-state index < -0.39 is 0 Å². The number of hydrogen-bond acceptors (Lipinski definition) is 5. The summed E-state index contributed by atoms with van der Waals surface area (Å²) in [5, 5.41) is 9.47. The maximum atomic E-state index is 13.8. The molecule has 8 nitrogen and oxygen atoms in total. The van der Waals surface area contributed by atoms with Crippen molar-refractivity contribution in [1.82, 2.24) is 23.8 Å². The number of aromatic nitrogens is 3. The van der Waals surface area contributed by atoms with E-state index >= 15 is 0 Å². The number of aliphatic hydroxyl groups is 1. The first-order valence-electron chi connectivity index (χ1n) is 15.9. The van der Waals surface area contributed by atoms with Crippen LogP contribution in [0.1, 0.15) is 80.8 Å². The minimum Gasteiger partial charge on any atom is -0.395 e. The van der Waals surface area contributed by atoms with Gasteiger partial charge in [-0.1, -0.05) is 25.7 Å². The van der Waals surface area contributed by atoms with Gasteiger partial charge in [-0.2, -0.15) is 0 Å². The summed E-state index contributed by atoms with van der Waals surface area (Å²) in [5.41, 5.74) is 4.15. The molecule has 1 saturated heterocycles. The van der Waals surface area contributed by atoms with Crippen molar-refractivity contribution < 1.29 is 9.90 Å². The summed E-state index contributed by atoms with van der Waals surface area (Å²) in [5.74, 6) is 1.71. The van der Waals surface area contributed by atoms with Gasteiger partial charge in [-0.3, -0.25) is 9.59 Å². The maximum absolute atomic E-state index is 13.8. The van der Waals surface area contributed by atoms with Gasteiger partial charge in [-0.15, -0.1) is 0 Å². The lowest BCUT2D eigenvalue weighted by Gasteiger charge is -2.23. The number of amides is 1. The summed E-state index contributed by atoms with van der Waals surface area (Å²) < 4.78 is 3.65. The van der Waals surface area contributed by atoms with Crippen LogP contribution in [0.3, 0.4) is 0 Å². The third kappa shape index (κ3) is 6.75. The maximum Gasteiger partial charge on any atom is 0.255 e. The first-order valence-corrected chi connectivity index (χ1v) is 15.9. The third-order valence-corrected chi connectivity index (χ3v) is 9.41. The predicted molar refractivity (Wildman–Crippen MR) is 161 cm³/mol. The Morgan fingerprint density at radius 3 is 2.41 bits per heavy atom. The minimum absolute atomic E-state index is 0.0983. The number of carbonyl (C=O) groups is 1. The Hall–Kier alpha value is -2.97. The number of aliphatic hydroxyl groups excluding tert-OH is 1. The van der Waals surface area contributed by atoms with E-state index in [1.54, 1.807) is 16.8 Å². The largest absolute Gasteiger partial charge is 0.395 e. The average molecular weight is 560 g/mol. The van der Waals surface area contributed by atoms with Gasteiger partial charge >= 0.3 is 0 Å². The highest BCUT2D eigenvalue weighted by Crippen LogP contribution is 2.35. The molecule has 3 fully saturated rings. The summed E-state index contributed by atoms with van der Waals surface area (Å²) in [6.07, 6.45) is 15.6. The van der Waals surface area contributed by atoms with Crippen molar-refractivity contribution in [2.24, 2.45) is 11.8 Å². The highest BCUT2D eigenvalue weighted by atomic mass is 16.3. The van der Waals surface area contributed by atoms with Gasteiger partial charge in [0.05, 0.1) is 23.6 Å². The number of carbonyl (C=O) groups excluding carboxylic acids is 1. The number of likely N-dealkylation sites (tertiary alicyclic amines) is 1. The van der Waals surface area contributed by atoms with Crippen LogP contribution < -0.4 is 5.56 Å². The number of hydrogen-bond donors (Lipinski definition) is 1. The SMILES string of the molecule is CC1CCCN1CCCc1c(-c2ccc(=O)n(CCO)c2)nc2ccc(C(=O)N(CCC3CC3)CCC3CC3)cn12. The molecule has 2 aliphatic carbocycles. The molecule has 4 heterocycles. The molecule has 1 aliphatic heterocycles. The molecule has 3 aromatic rings. The molecule has 220 valence electrons. The Morgan fingerprint density at radius 1 is 1.00 bits per heavy atom. The molecule has 0 bridgehead atoms. The number of aryl methyl sites for hydroxylation is 1. The summed E-state index contributed by atoms with van der Waals surface area (Å²) in [7, 11) is 0. The van der Waals surface area contributed by atoms with Crippen LogP contribution in [0.15, 0.2) is 41.5 Å². The van der Waals surface area contributed by atoms with Gasteiger partial charge in [-0.25, -0.2) is 4.98 Å². The zero-order valence-corrected chi connectivity index (χ0v) is 24.5. The number of pyridine rings is 2. The van der Waals surface area contributed by atoms with Crippen LogP contribution in [-0.2, 0) is 13.0 Å². The molecule has 8 heteroatoms. The van der Waals surface area contributed by atoms with Crippen molar-refractivity contribution in [3.8, 4) is 11.3 Å². The smallest absolute Gasteiger partial charge is 0.255 e. The highest BCUT2D eigenvalue weighted by Gasteiger charge is 2.27. The average Bonchev–Trinajstić information content (AvgIpc) is 3.91. The standard InChI is InChI=1S/C33H45N5O3/c1-24-4-2-16-35(24)17-3-5-29-32(27-11-13-31(40)37(22-27)20-21-39)34-30-12-10-28(23-38(29)30)33(41)36(18-14-25-6-7-25)19-15-26-8-9-26/h10-13,22-26,39H,2-9,14-21H2,1H3. The van der Waals surface area contributed by atoms with Crippen LogP contribution in [0.4, 0.5) is 0 Å². The fourth-order valence-corrected chi connectivity index (χ4v) is 6.41. The molecular weight excluding hydrogens is 514 g/mol. The normalized spacial score (nSPS) is 19.3. The van der Waals surface area contributed by atoms with Crippen LogP contribution in [0, 0.1) is 11.8 Å². The monoisotopic (exact) mass is 559 g/mol. The Labute approximate surface area is 243 Å². The molecule has 1 N–H and O–H groups in total. The summed E-state index contributed by atoms with van der Waals surface area (Å²) >= 11 is 0. The van der Waals surface area contributed by atoms with E-state index in [-0.39, 0.29) is 24.6 Å². The molecular formula is C33H45N5O3. The second-order valence-corrected chi connectivity index (χ2v) is 12.6. The van der Waals surface area contributed by atoms with Crippen molar-refractivity contribution in [3.05, 3.63) is 58.3 Å². The second-order valence-electron chi connectivity index (χ2n) is 12.6. The lowest BCUT2D eigenvalue weighted by atomic mass is 10.1. The molecule has 3 aliphatic rings. The predicted octanol–water partition coefficient (Wildman–Crippen LogP) is 4.61. The molecule has 41 heavy (non-hydrogen) atoms. The van der Waals surface area contributed by atoms with Gasteiger partial charge in [0.1, 0.15) is 5.65 Å². The van der Waals surface area contributed by atoms with Crippen LogP contribution >= 0.6 is 0 Å². The Bertz CT molecular complexity index is 1400. The van der Waals surface area contributed by atoms with Crippen molar-refractivity contribution in [3.63, 3.8) is 0 Å². The molecule has 0 radical (unpaired) electrons. The van der Waals surface area contributed by atoms with Gasteiger partial charge in [0.25, 0.3) is 11.5 Å². The molecule has 2 saturated carbocycles. The molecule has 3 aromatic heterocycles. The van der Waals surface area contributed by atoms with Gasteiger partial charge in [0, 0.05) is 49.7 Å². The topological polar surface area (TPSA) is 83.1 Å². The van der Waals surface area contributed by atoms with E-state index in [1.807, 2.05) is 24.4 Å². The molecule has 1 unspecified atom stereocenters. The fourth-order valence-electron chi connectivity index (χ4n) is 6.41. The molecule has 0 spiro atoms. The molecule has 1 atom stereocenters. The van der Waals surface area contributed by atoms with Crippen LogP contribution in [-0.4, -0.2) is 73.6 Å². The first-order chi connectivity index (χ1) is 20.0. The van der Waals surface area contributed by atoms with Crippen LogP contribution in [0.25, 0.3) is 16.9 Å². The second kappa shape index (κ2) is 12.5. The van der Waals surface area contributed by atoms with Crippen LogP contribution in [0.5, 0.6) is 0 Å². The molecule has 0 aromatic carbocycles. The zero-order chi connectivity index (χ0) is 28.3. The van der Waals surface area contributed by atoms with E-state index in [0.717, 1.165) is 86.3 Å². The number of imidazole rings is 1. The lowest BCUT2D eigenvalue weighted by molar-refractivity contribution is 0.0746. The first kappa shape index (κ1) is 28.2. The van der Waals surface area contributed by atoms with Gasteiger partial charge in [0.15, 0.2) is 0 Å².